The lowest BCUT2D eigenvalue weighted by Gasteiger charge is -2.41. The molecule has 2 saturated heterocycles. The summed E-state index contributed by atoms with van der Waals surface area (Å²) in [5.74, 6) is 1.13. The Balaban J connectivity index is 1.46. The van der Waals surface area contributed by atoms with Gasteiger partial charge in [0.1, 0.15) is 5.82 Å². The van der Waals surface area contributed by atoms with Crippen LogP contribution in [0.1, 0.15) is 50.5 Å². The Morgan fingerprint density at radius 1 is 1.27 bits per heavy atom. The molecule has 30 heavy (non-hydrogen) atoms. The topological polar surface area (TPSA) is 95.0 Å². The van der Waals surface area contributed by atoms with E-state index in [1.165, 1.54) is 7.11 Å². The van der Waals surface area contributed by atoms with Gasteiger partial charge in [0.2, 0.25) is 5.91 Å². The minimum absolute atomic E-state index is 0.205. The highest BCUT2D eigenvalue weighted by molar-refractivity contribution is 5.87. The molecule has 1 aliphatic carbocycles. The fraction of sp³-hybridized carbons (Fsp3) is 0.682. The highest BCUT2D eigenvalue weighted by Crippen LogP contribution is 2.43. The third-order valence-corrected chi connectivity index (χ3v) is 7.07. The number of anilines is 2. The lowest BCUT2D eigenvalue weighted by molar-refractivity contribution is -0.139. The first kappa shape index (κ1) is 20.9. The van der Waals surface area contributed by atoms with Crippen LogP contribution in [0.4, 0.5) is 16.3 Å². The number of amides is 2. The minimum atomic E-state index is -0.517. The number of methoxy groups -OCH3 is 1. The Hall–Kier alpha value is -2.35. The van der Waals surface area contributed by atoms with E-state index in [0.717, 1.165) is 69.4 Å². The molecule has 8 nitrogen and oxygen atoms in total. The molecular weight excluding hydrogens is 384 g/mol. The summed E-state index contributed by atoms with van der Waals surface area (Å²) in [5, 5.41) is 12.5. The van der Waals surface area contributed by atoms with Gasteiger partial charge in [-0.3, -0.25) is 10.1 Å². The number of aliphatic hydroxyl groups is 1. The molecule has 1 aromatic heterocycles. The van der Waals surface area contributed by atoms with Crippen LogP contribution < -0.4 is 10.2 Å². The van der Waals surface area contributed by atoms with Gasteiger partial charge in [-0.2, -0.15) is 0 Å². The highest BCUT2D eigenvalue weighted by Gasteiger charge is 2.50. The van der Waals surface area contributed by atoms with Crippen molar-refractivity contribution < 1.29 is 19.4 Å². The monoisotopic (exact) mass is 416 g/mol. The van der Waals surface area contributed by atoms with Crippen molar-refractivity contribution in [2.45, 2.75) is 64.0 Å². The van der Waals surface area contributed by atoms with E-state index in [1.54, 1.807) is 6.20 Å². The molecule has 2 aliphatic heterocycles. The number of hydrogen-bond donors (Lipinski definition) is 2. The zero-order valence-electron chi connectivity index (χ0n) is 17.9. The lowest BCUT2D eigenvalue weighted by atomic mass is 9.78. The number of aryl methyl sites for hydroxylation is 1. The zero-order chi connectivity index (χ0) is 21.3. The van der Waals surface area contributed by atoms with Gasteiger partial charge in [0.05, 0.1) is 30.5 Å². The van der Waals surface area contributed by atoms with Gasteiger partial charge in [0.15, 0.2) is 0 Å². The van der Waals surface area contributed by atoms with Crippen molar-refractivity contribution in [2.75, 3.05) is 37.0 Å². The molecule has 0 aromatic carbocycles. The summed E-state index contributed by atoms with van der Waals surface area (Å²) < 4.78 is 4.65. The maximum atomic E-state index is 13.5. The Morgan fingerprint density at radius 3 is 2.73 bits per heavy atom. The fourth-order valence-electron chi connectivity index (χ4n) is 5.28. The summed E-state index contributed by atoms with van der Waals surface area (Å²) in [6.07, 6.45) is 7.11. The van der Waals surface area contributed by atoms with Gasteiger partial charge in [0.25, 0.3) is 0 Å². The Kier molecular flexibility index (Phi) is 5.86. The number of rotatable bonds is 3. The Labute approximate surface area is 177 Å². The number of hydrogen-bond acceptors (Lipinski definition) is 6. The smallest absolute Gasteiger partial charge is 0.411 e. The molecule has 1 saturated carbocycles. The summed E-state index contributed by atoms with van der Waals surface area (Å²) >= 11 is 0. The van der Waals surface area contributed by atoms with E-state index in [-0.39, 0.29) is 23.5 Å². The van der Waals surface area contributed by atoms with E-state index in [1.807, 2.05) is 13.0 Å². The van der Waals surface area contributed by atoms with Crippen LogP contribution in [0.2, 0.25) is 0 Å². The van der Waals surface area contributed by atoms with Crippen LogP contribution in [0.5, 0.6) is 0 Å². The van der Waals surface area contributed by atoms with Crippen LogP contribution in [-0.4, -0.2) is 65.9 Å². The quantitative estimate of drug-likeness (QED) is 0.787. The molecule has 3 fully saturated rings. The maximum absolute atomic E-state index is 13.5. The number of ether oxygens (including phenoxy) is 1. The normalized spacial score (nSPS) is 29.4. The molecule has 1 spiro atoms. The number of carbonyl (C=O) groups excluding carboxylic acids is 2. The second-order valence-corrected chi connectivity index (χ2v) is 8.99. The van der Waals surface area contributed by atoms with Crippen LogP contribution in [0.15, 0.2) is 12.3 Å². The molecule has 0 radical (unpaired) electrons. The molecule has 164 valence electrons. The van der Waals surface area contributed by atoms with E-state index in [9.17, 15) is 14.7 Å². The van der Waals surface area contributed by atoms with Crippen molar-refractivity contribution in [3.05, 3.63) is 17.8 Å². The number of carbonyl (C=O) groups is 2. The summed E-state index contributed by atoms with van der Waals surface area (Å²) in [7, 11) is 1.33. The highest BCUT2D eigenvalue weighted by atomic mass is 16.5. The Morgan fingerprint density at radius 2 is 2.03 bits per heavy atom. The van der Waals surface area contributed by atoms with Crippen molar-refractivity contribution >= 4 is 23.5 Å². The molecule has 2 amide bonds. The number of aliphatic hydroxyl groups excluding tert-OH is 1. The number of likely N-dealkylation sites (tertiary alicyclic amines) is 1. The first-order valence-corrected chi connectivity index (χ1v) is 11.0. The lowest BCUT2D eigenvalue weighted by Crippen LogP contribution is -2.50. The van der Waals surface area contributed by atoms with E-state index in [4.69, 9.17) is 0 Å². The molecular formula is C22H32N4O4. The van der Waals surface area contributed by atoms with Gasteiger partial charge in [-0.1, -0.05) is 0 Å². The Bertz CT molecular complexity index is 808. The average Bonchev–Trinajstić information content (AvgIpc) is 3.05. The maximum Gasteiger partial charge on any atom is 0.411 e. The third-order valence-electron chi connectivity index (χ3n) is 7.07. The molecule has 3 aliphatic rings. The van der Waals surface area contributed by atoms with Gasteiger partial charge in [-0.15, -0.1) is 0 Å². The zero-order valence-corrected chi connectivity index (χ0v) is 17.9. The molecule has 1 unspecified atom stereocenters. The van der Waals surface area contributed by atoms with Crippen molar-refractivity contribution in [1.82, 2.24) is 9.88 Å². The van der Waals surface area contributed by atoms with E-state index < -0.39 is 6.09 Å². The van der Waals surface area contributed by atoms with Gasteiger partial charge in [-0.05, 0) is 63.5 Å². The van der Waals surface area contributed by atoms with E-state index >= 15 is 0 Å². The molecule has 2 N–H and O–H groups in total. The van der Waals surface area contributed by atoms with Crippen LogP contribution in [0.3, 0.4) is 0 Å². The van der Waals surface area contributed by atoms with Gasteiger partial charge in [-0.25, -0.2) is 9.78 Å². The molecule has 1 atom stereocenters. The van der Waals surface area contributed by atoms with Gasteiger partial charge < -0.3 is 19.6 Å². The SMILES string of the molecule is COC(=O)Nc1cnc(N2CCCC3(CCN(C4CCC(O)CC4)C3=O)C2)cc1C. The fourth-order valence-corrected chi connectivity index (χ4v) is 5.28. The van der Waals surface area contributed by atoms with Crippen molar-refractivity contribution in [3.63, 3.8) is 0 Å². The standard InChI is InChI=1S/C22H32N4O4/c1-15-12-19(23-13-18(15)24-21(29)30-2)25-10-3-8-22(14-25)9-11-26(20(22)28)16-4-6-17(27)7-5-16/h12-13,16-17,27H,3-11,14H2,1-2H3,(H,24,29). The number of pyridine rings is 1. The van der Waals surface area contributed by atoms with Gasteiger partial charge >= 0.3 is 6.09 Å². The predicted octanol–water partition coefficient (Wildman–Crippen LogP) is 2.69. The summed E-state index contributed by atoms with van der Waals surface area (Å²) in [4.78, 5) is 33.8. The van der Waals surface area contributed by atoms with Crippen LogP contribution in [0.25, 0.3) is 0 Å². The number of piperidine rings is 1. The summed E-state index contributed by atoms with van der Waals surface area (Å²) in [5.41, 5.74) is 1.21. The van der Waals surface area contributed by atoms with Crippen molar-refractivity contribution in [3.8, 4) is 0 Å². The number of aromatic nitrogens is 1. The number of nitrogens with one attached hydrogen (secondary N) is 1. The first-order valence-electron chi connectivity index (χ1n) is 11.0. The second kappa shape index (κ2) is 8.41. The minimum Gasteiger partial charge on any atom is -0.453 e. The van der Waals surface area contributed by atoms with Gasteiger partial charge in [0, 0.05) is 25.7 Å². The predicted molar refractivity (Wildman–Crippen MR) is 113 cm³/mol. The second-order valence-electron chi connectivity index (χ2n) is 8.99. The molecule has 0 bridgehead atoms. The largest absolute Gasteiger partial charge is 0.453 e. The first-order chi connectivity index (χ1) is 14.4. The van der Waals surface area contributed by atoms with Crippen LogP contribution in [0, 0.1) is 12.3 Å². The average molecular weight is 417 g/mol. The summed E-state index contributed by atoms with van der Waals surface area (Å²) in [6.45, 7) is 4.31. The van der Waals surface area contributed by atoms with Crippen LogP contribution in [-0.2, 0) is 9.53 Å². The van der Waals surface area contributed by atoms with Crippen molar-refractivity contribution in [1.29, 1.82) is 0 Å². The molecule has 8 heteroatoms. The van der Waals surface area contributed by atoms with Crippen molar-refractivity contribution in [2.24, 2.45) is 5.41 Å². The van der Waals surface area contributed by atoms with E-state index in [0.29, 0.717) is 12.2 Å². The summed E-state index contributed by atoms with van der Waals surface area (Å²) in [6, 6.07) is 2.24. The molecule has 1 aromatic rings. The molecule has 3 heterocycles. The third kappa shape index (κ3) is 3.97. The van der Waals surface area contributed by atoms with E-state index in [2.05, 4.69) is 24.8 Å². The van der Waals surface area contributed by atoms with Crippen LogP contribution >= 0.6 is 0 Å². The number of nitrogens with zero attached hydrogens (tertiary/aromatic N) is 3. The molecule has 4 rings (SSSR count).